The molecule has 2 N–H and O–H groups in total. The number of rotatable bonds is 3. The second-order valence-corrected chi connectivity index (χ2v) is 5.54. The van der Waals surface area contributed by atoms with E-state index in [1.54, 1.807) is 0 Å². The summed E-state index contributed by atoms with van der Waals surface area (Å²) in [5, 5.41) is 19.7. The summed E-state index contributed by atoms with van der Waals surface area (Å²) in [4.78, 5) is 0. The highest BCUT2D eigenvalue weighted by molar-refractivity contribution is 5.05. The van der Waals surface area contributed by atoms with Crippen molar-refractivity contribution in [2.24, 2.45) is 23.2 Å². The van der Waals surface area contributed by atoms with Gasteiger partial charge in [0.2, 0.25) is 0 Å². The summed E-state index contributed by atoms with van der Waals surface area (Å²) in [6.07, 6.45) is 5.89. The van der Waals surface area contributed by atoms with Gasteiger partial charge in [-0.25, -0.2) is 0 Å². The maximum absolute atomic E-state index is 10.2. The first-order chi connectivity index (χ1) is 7.13. The molecule has 1 unspecified atom stereocenters. The van der Waals surface area contributed by atoms with Crippen molar-refractivity contribution in [1.82, 2.24) is 0 Å². The number of hydrogen-bond acceptors (Lipinski definition) is 2. The molecule has 0 radical (unpaired) electrons. The van der Waals surface area contributed by atoms with E-state index in [9.17, 15) is 10.2 Å². The smallest absolute Gasteiger partial charge is 0.0604 e. The predicted octanol–water partition coefficient (Wildman–Crippen LogP) is 1.97. The van der Waals surface area contributed by atoms with Crippen molar-refractivity contribution in [2.75, 3.05) is 6.61 Å². The van der Waals surface area contributed by atoms with E-state index in [-0.39, 0.29) is 18.1 Å². The van der Waals surface area contributed by atoms with Crippen molar-refractivity contribution in [3.05, 3.63) is 12.7 Å². The van der Waals surface area contributed by atoms with Gasteiger partial charge < -0.3 is 10.2 Å². The molecule has 15 heavy (non-hydrogen) atoms. The standard InChI is InChI=1S/C13H22O2/c1-3-4-11-12(15)9-5-6-13(11,2)10(7-9)8-14/h3,9-12,14-15H,1,4-8H2,2H3/t9-,10-,11-,12?,13+/m1/s1. The zero-order valence-corrected chi connectivity index (χ0v) is 9.52. The number of hydrogen-bond donors (Lipinski definition) is 2. The van der Waals surface area contributed by atoms with E-state index in [0.29, 0.717) is 17.8 Å². The Labute approximate surface area is 92.0 Å². The molecule has 2 heteroatoms. The molecule has 3 aliphatic rings. The molecule has 3 rings (SSSR count). The maximum atomic E-state index is 10.2. The van der Waals surface area contributed by atoms with Crippen LogP contribution in [0, 0.1) is 23.2 Å². The minimum absolute atomic E-state index is 0.122. The van der Waals surface area contributed by atoms with Crippen LogP contribution in [-0.4, -0.2) is 22.9 Å². The van der Waals surface area contributed by atoms with Crippen LogP contribution in [0.4, 0.5) is 0 Å². The van der Waals surface area contributed by atoms with Gasteiger partial charge in [0.1, 0.15) is 0 Å². The summed E-state index contributed by atoms with van der Waals surface area (Å²) in [7, 11) is 0. The Kier molecular flexibility index (Phi) is 2.91. The number of aliphatic hydroxyl groups is 2. The molecular formula is C13H22O2. The SMILES string of the molecule is C=CC[C@@H]1C(O)[C@@H]2CC[C@@]1(C)[C@@H](CO)C2. The molecule has 0 aromatic carbocycles. The molecular weight excluding hydrogens is 188 g/mol. The Morgan fingerprint density at radius 2 is 2.27 bits per heavy atom. The number of allylic oxidation sites excluding steroid dienone is 1. The average Bonchev–Trinajstić information content (AvgIpc) is 2.24. The van der Waals surface area contributed by atoms with Crippen LogP contribution in [0.1, 0.15) is 32.6 Å². The van der Waals surface area contributed by atoms with Crippen LogP contribution in [-0.2, 0) is 0 Å². The van der Waals surface area contributed by atoms with E-state index in [1.165, 1.54) is 0 Å². The first kappa shape index (κ1) is 11.2. The predicted molar refractivity (Wildman–Crippen MR) is 60.3 cm³/mol. The highest BCUT2D eigenvalue weighted by Gasteiger charge is 2.54. The third kappa shape index (κ3) is 1.55. The average molecular weight is 210 g/mol. The Bertz CT molecular complexity index is 251. The topological polar surface area (TPSA) is 40.5 Å². The van der Waals surface area contributed by atoms with Gasteiger partial charge in [0.05, 0.1) is 6.10 Å². The summed E-state index contributed by atoms with van der Waals surface area (Å²) in [5.74, 6) is 1.10. The summed E-state index contributed by atoms with van der Waals surface area (Å²) >= 11 is 0. The molecule has 0 heterocycles. The largest absolute Gasteiger partial charge is 0.396 e. The summed E-state index contributed by atoms with van der Waals surface area (Å²) < 4.78 is 0. The molecule has 2 nitrogen and oxygen atoms in total. The van der Waals surface area contributed by atoms with Crippen molar-refractivity contribution >= 4 is 0 Å². The lowest BCUT2D eigenvalue weighted by molar-refractivity contribution is -0.147. The van der Waals surface area contributed by atoms with E-state index in [1.807, 2.05) is 6.08 Å². The van der Waals surface area contributed by atoms with Crippen molar-refractivity contribution in [3.8, 4) is 0 Å². The lowest BCUT2D eigenvalue weighted by Gasteiger charge is -2.57. The number of aliphatic hydroxyl groups excluding tert-OH is 2. The van der Waals surface area contributed by atoms with Gasteiger partial charge in [-0.3, -0.25) is 0 Å². The Hall–Kier alpha value is -0.340. The molecule has 3 fully saturated rings. The van der Waals surface area contributed by atoms with Crippen LogP contribution >= 0.6 is 0 Å². The fraction of sp³-hybridized carbons (Fsp3) is 0.846. The molecule has 0 amide bonds. The minimum Gasteiger partial charge on any atom is -0.396 e. The van der Waals surface area contributed by atoms with E-state index < -0.39 is 0 Å². The molecule has 0 aliphatic heterocycles. The maximum Gasteiger partial charge on any atom is 0.0604 e. The normalized spacial score (nSPS) is 49.3. The zero-order valence-electron chi connectivity index (χ0n) is 9.52. The molecule has 0 spiro atoms. The van der Waals surface area contributed by atoms with Crippen molar-refractivity contribution in [2.45, 2.75) is 38.7 Å². The lowest BCUT2D eigenvalue weighted by Crippen LogP contribution is -2.55. The van der Waals surface area contributed by atoms with Gasteiger partial charge in [-0.2, -0.15) is 0 Å². The Balaban J connectivity index is 2.25. The van der Waals surface area contributed by atoms with E-state index >= 15 is 0 Å². The van der Waals surface area contributed by atoms with Crippen molar-refractivity contribution < 1.29 is 10.2 Å². The monoisotopic (exact) mass is 210 g/mol. The fourth-order valence-corrected chi connectivity index (χ4v) is 3.84. The van der Waals surface area contributed by atoms with Gasteiger partial charge in [0.15, 0.2) is 0 Å². The number of fused-ring (bicyclic) bond motifs is 3. The van der Waals surface area contributed by atoms with Crippen LogP contribution in [0.25, 0.3) is 0 Å². The first-order valence-corrected chi connectivity index (χ1v) is 6.03. The van der Waals surface area contributed by atoms with Gasteiger partial charge in [0, 0.05) is 6.61 Å². The molecule has 2 bridgehead atoms. The van der Waals surface area contributed by atoms with E-state index in [4.69, 9.17) is 0 Å². The van der Waals surface area contributed by atoms with Crippen molar-refractivity contribution in [3.63, 3.8) is 0 Å². The Morgan fingerprint density at radius 3 is 2.87 bits per heavy atom. The highest BCUT2D eigenvalue weighted by atomic mass is 16.3. The summed E-state index contributed by atoms with van der Waals surface area (Å²) in [6.45, 7) is 6.29. The van der Waals surface area contributed by atoms with E-state index in [0.717, 1.165) is 25.7 Å². The van der Waals surface area contributed by atoms with Crippen LogP contribution in [0.2, 0.25) is 0 Å². The zero-order chi connectivity index (χ0) is 11.1. The molecule has 86 valence electrons. The minimum atomic E-state index is -0.176. The van der Waals surface area contributed by atoms with Gasteiger partial charge in [-0.1, -0.05) is 13.0 Å². The molecule has 3 saturated carbocycles. The molecule has 0 aromatic rings. The highest BCUT2D eigenvalue weighted by Crippen LogP contribution is 2.57. The van der Waals surface area contributed by atoms with Crippen LogP contribution in [0.5, 0.6) is 0 Å². The molecule has 3 aliphatic carbocycles. The van der Waals surface area contributed by atoms with Crippen LogP contribution < -0.4 is 0 Å². The summed E-state index contributed by atoms with van der Waals surface area (Å²) in [5.41, 5.74) is 0.122. The lowest BCUT2D eigenvalue weighted by atomic mass is 9.49. The third-order valence-electron chi connectivity index (χ3n) is 4.96. The second kappa shape index (κ2) is 3.91. The first-order valence-electron chi connectivity index (χ1n) is 6.03. The molecule has 0 aromatic heterocycles. The van der Waals surface area contributed by atoms with Gasteiger partial charge in [-0.05, 0) is 48.9 Å². The quantitative estimate of drug-likeness (QED) is 0.699. The van der Waals surface area contributed by atoms with E-state index in [2.05, 4.69) is 13.5 Å². The Morgan fingerprint density at radius 1 is 1.53 bits per heavy atom. The van der Waals surface area contributed by atoms with Gasteiger partial charge in [-0.15, -0.1) is 6.58 Å². The van der Waals surface area contributed by atoms with Crippen molar-refractivity contribution in [1.29, 1.82) is 0 Å². The fourth-order valence-electron chi connectivity index (χ4n) is 3.84. The van der Waals surface area contributed by atoms with Crippen LogP contribution in [0.15, 0.2) is 12.7 Å². The van der Waals surface area contributed by atoms with Gasteiger partial charge in [0.25, 0.3) is 0 Å². The molecule has 0 saturated heterocycles. The molecule has 5 atom stereocenters. The van der Waals surface area contributed by atoms with Gasteiger partial charge >= 0.3 is 0 Å². The second-order valence-electron chi connectivity index (χ2n) is 5.54. The third-order valence-corrected chi connectivity index (χ3v) is 4.96. The summed E-state index contributed by atoms with van der Waals surface area (Å²) in [6, 6.07) is 0. The van der Waals surface area contributed by atoms with Crippen LogP contribution in [0.3, 0.4) is 0 Å².